The van der Waals surface area contributed by atoms with Gasteiger partial charge in [-0.25, -0.2) is 4.79 Å². The van der Waals surface area contributed by atoms with Gasteiger partial charge in [-0.15, -0.1) is 0 Å². The molecule has 106 valence electrons. The van der Waals surface area contributed by atoms with Crippen LogP contribution in [0.2, 0.25) is 0 Å². The second-order valence-electron chi connectivity index (χ2n) is 5.58. The maximum Gasteiger partial charge on any atom is 0.336 e. The molecular formula is C16H20N2O2. The number of piperidine rings is 1. The van der Waals surface area contributed by atoms with Crippen molar-refractivity contribution in [2.45, 2.75) is 25.8 Å². The summed E-state index contributed by atoms with van der Waals surface area (Å²) < 4.78 is 2.12. The van der Waals surface area contributed by atoms with Gasteiger partial charge in [0.25, 0.3) is 0 Å². The van der Waals surface area contributed by atoms with Gasteiger partial charge in [0, 0.05) is 30.2 Å². The van der Waals surface area contributed by atoms with Crippen molar-refractivity contribution < 1.29 is 9.90 Å². The molecule has 0 aliphatic carbocycles. The van der Waals surface area contributed by atoms with E-state index >= 15 is 0 Å². The topological polar surface area (TPSA) is 45.5 Å². The Morgan fingerprint density at radius 3 is 2.70 bits per heavy atom. The first-order valence-corrected chi connectivity index (χ1v) is 7.20. The fourth-order valence-corrected chi connectivity index (χ4v) is 3.10. The number of nitrogens with zero attached hydrogens (tertiary/aromatic N) is 2. The minimum Gasteiger partial charge on any atom is -0.478 e. The molecule has 1 fully saturated rings. The first-order chi connectivity index (χ1) is 9.66. The number of fused-ring (bicyclic) bond motifs is 1. The molecule has 0 amide bonds. The Hall–Kier alpha value is -1.81. The van der Waals surface area contributed by atoms with Crippen molar-refractivity contribution in [2.24, 2.45) is 7.05 Å². The summed E-state index contributed by atoms with van der Waals surface area (Å²) in [7, 11) is 2.02. The highest BCUT2D eigenvalue weighted by atomic mass is 16.4. The number of carbonyl (C=O) groups is 1. The molecule has 0 saturated carbocycles. The van der Waals surface area contributed by atoms with Crippen LogP contribution in [0.3, 0.4) is 0 Å². The van der Waals surface area contributed by atoms with Gasteiger partial charge in [0.2, 0.25) is 0 Å². The first kappa shape index (κ1) is 13.2. The van der Waals surface area contributed by atoms with E-state index in [1.807, 2.05) is 25.2 Å². The van der Waals surface area contributed by atoms with E-state index in [1.54, 1.807) is 6.07 Å². The number of likely N-dealkylation sites (tertiary alicyclic amines) is 1. The van der Waals surface area contributed by atoms with Crippen molar-refractivity contribution >= 4 is 16.9 Å². The van der Waals surface area contributed by atoms with Crippen LogP contribution in [0.1, 0.15) is 35.3 Å². The average Bonchev–Trinajstić information content (AvgIpc) is 2.77. The van der Waals surface area contributed by atoms with Crippen molar-refractivity contribution in [2.75, 3.05) is 13.1 Å². The van der Waals surface area contributed by atoms with E-state index in [4.69, 9.17) is 0 Å². The molecule has 1 aliphatic heterocycles. The average molecular weight is 272 g/mol. The fraction of sp³-hybridized carbons (Fsp3) is 0.438. The molecular weight excluding hydrogens is 252 g/mol. The monoisotopic (exact) mass is 272 g/mol. The molecule has 0 atom stereocenters. The quantitative estimate of drug-likeness (QED) is 0.934. The van der Waals surface area contributed by atoms with Gasteiger partial charge in [-0.05, 0) is 44.1 Å². The summed E-state index contributed by atoms with van der Waals surface area (Å²) in [5.74, 6) is -0.856. The number of carboxylic acids is 1. The van der Waals surface area contributed by atoms with Crippen molar-refractivity contribution in [1.29, 1.82) is 0 Å². The smallest absolute Gasteiger partial charge is 0.336 e. The van der Waals surface area contributed by atoms with Crippen LogP contribution in [-0.4, -0.2) is 33.6 Å². The minimum absolute atomic E-state index is 0.392. The Labute approximate surface area is 118 Å². The third-order valence-electron chi connectivity index (χ3n) is 4.25. The number of hydrogen-bond acceptors (Lipinski definition) is 2. The molecule has 1 saturated heterocycles. The third-order valence-corrected chi connectivity index (χ3v) is 4.25. The van der Waals surface area contributed by atoms with Crippen LogP contribution in [-0.2, 0) is 13.6 Å². The van der Waals surface area contributed by atoms with Crippen molar-refractivity contribution in [3.05, 3.63) is 35.5 Å². The van der Waals surface area contributed by atoms with Gasteiger partial charge in [-0.3, -0.25) is 4.90 Å². The van der Waals surface area contributed by atoms with E-state index in [-0.39, 0.29) is 0 Å². The Kier molecular flexibility index (Phi) is 3.49. The standard InChI is InChI=1S/C16H20N2O2/c1-17-12(11-18-8-3-2-4-9-18)10-14-13(16(19)20)6-5-7-15(14)17/h5-7,10H,2-4,8-9,11H2,1H3,(H,19,20). The van der Waals surface area contributed by atoms with E-state index in [0.717, 1.165) is 30.5 Å². The van der Waals surface area contributed by atoms with E-state index in [1.165, 1.54) is 25.0 Å². The summed E-state index contributed by atoms with van der Waals surface area (Å²) in [5.41, 5.74) is 2.58. The van der Waals surface area contributed by atoms with Crippen molar-refractivity contribution in [3.63, 3.8) is 0 Å². The Bertz CT molecular complexity index is 639. The van der Waals surface area contributed by atoms with Crippen LogP contribution < -0.4 is 0 Å². The molecule has 2 heterocycles. The lowest BCUT2D eigenvalue weighted by atomic mass is 10.1. The maximum atomic E-state index is 11.3. The maximum absolute atomic E-state index is 11.3. The van der Waals surface area contributed by atoms with E-state index in [2.05, 4.69) is 9.47 Å². The molecule has 1 aromatic heterocycles. The summed E-state index contributed by atoms with van der Waals surface area (Å²) in [6.45, 7) is 3.20. The number of rotatable bonds is 3. The highest BCUT2D eigenvalue weighted by molar-refractivity contribution is 6.03. The van der Waals surface area contributed by atoms with Gasteiger partial charge in [0.05, 0.1) is 5.56 Å². The second kappa shape index (κ2) is 5.29. The summed E-state index contributed by atoms with van der Waals surface area (Å²) in [5, 5.41) is 10.1. The van der Waals surface area contributed by atoms with E-state index < -0.39 is 5.97 Å². The zero-order valence-corrected chi connectivity index (χ0v) is 11.8. The Morgan fingerprint density at radius 2 is 2.00 bits per heavy atom. The van der Waals surface area contributed by atoms with E-state index in [0.29, 0.717) is 5.56 Å². The van der Waals surface area contributed by atoms with Crippen molar-refractivity contribution in [3.8, 4) is 0 Å². The molecule has 0 bridgehead atoms. The zero-order chi connectivity index (χ0) is 14.1. The number of aryl methyl sites for hydroxylation is 1. The van der Waals surface area contributed by atoms with Gasteiger partial charge in [-0.1, -0.05) is 12.5 Å². The molecule has 20 heavy (non-hydrogen) atoms. The predicted molar refractivity (Wildman–Crippen MR) is 79.0 cm³/mol. The molecule has 1 aliphatic rings. The van der Waals surface area contributed by atoms with Gasteiger partial charge in [-0.2, -0.15) is 0 Å². The lowest BCUT2D eigenvalue weighted by Crippen LogP contribution is -2.29. The molecule has 3 rings (SSSR count). The molecule has 1 aromatic carbocycles. The summed E-state index contributed by atoms with van der Waals surface area (Å²) in [4.78, 5) is 13.8. The SMILES string of the molecule is Cn1c(CN2CCCCC2)cc2c(C(=O)O)cccc21. The highest BCUT2D eigenvalue weighted by Gasteiger charge is 2.16. The van der Waals surface area contributed by atoms with Crippen LogP contribution >= 0.6 is 0 Å². The largest absolute Gasteiger partial charge is 0.478 e. The van der Waals surface area contributed by atoms with Crippen LogP contribution in [0.4, 0.5) is 0 Å². The number of aromatic carboxylic acids is 1. The van der Waals surface area contributed by atoms with Crippen LogP contribution in [0, 0.1) is 0 Å². The molecule has 0 unspecified atom stereocenters. The van der Waals surface area contributed by atoms with Crippen LogP contribution in [0.15, 0.2) is 24.3 Å². The number of carboxylic acid groups (broad SMARTS) is 1. The Morgan fingerprint density at radius 1 is 1.25 bits per heavy atom. The van der Waals surface area contributed by atoms with E-state index in [9.17, 15) is 9.90 Å². The summed E-state index contributed by atoms with van der Waals surface area (Å²) in [6, 6.07) is 7.51. The van der Waals surface area contributed by atoms with Crippen LogP contribution in [0.25, 0.3) is 10.9 Å². The number of benzene rings is 1. The minimum atomic E-state index is -0.856. The Balaban J connectivity index is 1.97. The zero-order valence-electron chi connectivity index (χ0n) is 11.8. The molecule has 2 aromatic rings. The second-order valence-corrected chi connectivity index (χ2v) is 5.58. The third kappa shape index (κ3) is 2.31. The van der Waals surface area contributed by atoms with Gasteiger partial charge < -0.3 is 9.67 Å². The van der Waals surface area contributed by atoms with Crippen LogP contribution in [0.5, 0.6) is 0 Å². The molecule has 4 heteroatoms. The summed E-state index contributed by atoms with van der Waals surface area (Å²) >= 11 is 0. The van der Waals surface area contributed by atoms with Gasteiger partial charge in [0.15, 0.2) is 0 Å². The summed E-state index contributed by atoms with van der Waals surface area (Å²) in [6.07, 6.45) is 3.86. The van der Waals surface area contributed by atoms with Gasteiger partial charge in [0.1, 0.15) is 0 Å². The molecule has 0 radical (unpaired) electrons. The number of aromatic nitrogens is 1. The number of hydrogen-bond donors (Lipinski definition) is 1. The first-order valence-electron chi connectivity index (χ1n) is 7.20. The van der Waals surface area contributed by atoms with Gasteiger partial charge >= 0.3 is 5.97 Å². The van der Waals surface area contributed by atoms with Crippen molar-refractivity contribution in [1.82, 2.24) is 9.47 Å². The normalized spacial score (nSPS) is 16.6. The lowest BCUT2D eigenvalue weighted by molar-refractivity contribution is 0.0699. The lowest BCUT2D eigenvalue weighted by Gasteiger charge is -2.26. The fourth-order valence-electron chi connectivity index (χ4n) is 3.10. The molecule has 0 spiro atoms. The highest BCUT2D eigenvalue weighted by Crippen LogP contribution is 2.24. The molecule has 4 nitrogen and oxygen atoms in total. The predicted octanol–water partition coefficient (Wildman–Crippen LogP) is 2.86. The molecule has 1 N–H and O–H groups in total.